The molecule has 156 valence electrons. The van der Waals surface area contributed by atoms with Crippen molar-refractivity contribution in [1.82, 2.24) is 5.32 Å². The van der Waals surface area contributed by atoms with Crippen LogP contribution in [0.3, 0.4) is 0 Å². The Morgan fingerprint density at radius 2 is 1.70 bits per heavy atom. The molecule has 2 N–H and O–H groups in total. The molecule has 3 rings (SSSR count). The molecule has 0 fully saturated rings. The topological polar surface area (TPSA) is 84.5 Å². The first kappa shape index (κ1) is 21.3. The molecule has 0 aliphatic rings. The van der Waals surface area contributed by atoms with Gasteiger partial charge in [0.25, 0.3) is 5.91 Å². The minimum absolute atomic E-state index is 0.198. The lowest BCUT2D eigenvalue weighted by molar-refractivity contribution is 0.0946. The molecule has 0 unspecified atom stereocenters. The summed E-state index contributed by atoms with van der Waals surface area (Å²) in [5.74, 6) is -0.243. The Hall–Kier alpha value is -3.39. The summed E-state index contributed by atoms with van der Waals surface area (Å²) in [6.45, 7) is 0.411. The van der Waals surface area contributed by atoms with Crippen LogP contribution in [-0.4, -0.2) is 20.6 Å². The molecule has 0 saturated carbocycles. The van der Waals surface area contributed by atoms with Crippen molar-refractivity contribution >= 4 is 21.6 Å². The highest BCUT2D eigenvalue weighted by atomic mass is 32.2. The van der Waals surface area contributed by atoms with Gasteiger partial charge in [-0.3, -0.25) is 9.52 Å². The molecule has 0 bridgehead atoms. The summed E-state index contributed by atoms with van der Waals surface area (Å²) >= 11 is 0. The van der Waals surface area contributed by atoms with Crippen molar-refractivity contribution in [1.29, 1.82) is 0 Å². The molecular weight excluding hydrogens is 407 g/mol. The monoisotopic (exact) mass is 428 g/mol. The number of amides is 1. The second kappa shape index (κ2) is 9.41. The lowest BCUT2D eigenvalue weighted by Crippen LogP contribution is -2.23. The number of sulfonamides is 1. The fourth-order valence-corrected chi connectivity index (χ4v) is 3.31. The first-order valence-corrected chi connectivity index (χ1v) is 11.0. The van der Waals surface area contributed by atoms with Crippen LogP contribution in [0.4, 0.5) is 10.1 Å². The van der Waals surface area contributed by atoms with E-state index in [0.29, 0.717) is 17.0 Å². The lowest BCUT2D eigenvalue weighted by atomic mass is 10.1. The van der Waals surface area contributed by atoms with Crippen LogP contribution in [0.1, 0.15) is 21.5 Å². The van der Waals surface area contributed by atoms with E-state index in [0.717, 1.165) is 17.4 Å². The summed E-state index contributed by atoms with van der Waals surface area (Å²) in [4.78, 5) is 12.7. The van der Waals surface area contributed by atoms with Gasteiger partial charge in [-0.25, -0.2) is 12.8 Å². The SMILES string of the molecule is CS(=O)(=O)Nc1cccc(CNC(=O)c2ccccc2OCc2ccc(F)cc2)c1. The molecule has 30 heavy (non-hydrogen) atoms. The van der Waals surface area contributed by atoms with Crippen molar-refractivity contribution in [2.75, 3.05) is 11.0 Å². The van der Waals surface area contributed by atoms with E-state index in [1.54, 1.807) is 60.7 Å². The van der Waals surface area contributed by atoms with Crippen molar-refractivity contribution in [3.63, 3.8) is 0 Å². The summed E-state index contributed by atoms with van der Waals surface area (Å²) in [6, 6.07) is 19.5. The van der Waals surface area contributed by atoms with Gasteiger partial charge in [-0.05, 0) is 47.5 Å². The summed E-state index contributed by atoms with van der Waals surface area (Å²) in [5, 5.41) is 2.81. The quantitative estimate of drug-likeness (QED) is 0.573. The Kier molecular flexibility index (Phi) is 6.68. The minimum atomic E-state index is -3.38. The number of hydrogen-bond donors (Lipinski definition) is 2. The number of anilines is 1. The average molecular weight is 428 g/mol. The molecule has 8 heteroatoms. The Labute approximate surface area is 174 Å². The van der Waals surface area contributed by atoms with Gasteiger partial charge in [-0.15, -0.1) is 0 Å². The largest absolute Gasteiger partial charge is 0.488 e. The number of nitrogens with one attached hydrogen (secondary N) is 2. The molecule has 0 aromatic heterocycles. The van der Waals surface area contributed by atoms with Gasteiger partial charge in [0.05, 0.1) is 11.8 Å². The highest BCUT2D eigenvalue weighted by Gasteiger charge is 2.12. The number of carbonyl (C=O) groups excluding carboxylic acids is 1. The summed E-state index contributed by atoms with van der Waals surface area (Å²) in [6.07, 6.45) is 1.07. The van der Waals surface area contributed by atoms with Crippen molar-refractivity contribution < 1.29 is 22.3 Å². The third-order valence-electron chi connectivity index (χ3n) is 4.12. The van der Waals surface area contributed by atoms with Crippen LogP contribution in [0.2, 0.25) is 0 Å². The molecule has 0 radical (unpaired) electrons. The number of rotatable bonds is 8. The Bertz CT molecular complexity index is 1130. The van der Waals surface area contributed by atoms with Gasteiger partial charge < -0.3 is 10.1 Å². The van der Waals surface area contributed by atoms with Crippen LogP contribution in [0.25, 0.3) is 0 Å². The molecule has 1 amide bonds. The number of hydrogen-bond acceptors (Lipinski definition) is 4. The number of benzene rings is 3. The van der Waals surface area contributed by atoms with Gasteiger partial charge in [0.15, 0.2) is 0 Å². The molecule has 0 aliphatic heterocycles. The second-order valence-electron chi connectivity index (χ2n) is 6.67. The van der Waals surface area contributed by atoms with Gasteiger partial charge >= 0.3 is 0 Å². The van der Waals surface area contributed by atoms with E-state index in [-0.39, 0.29) is 24.9 Å². The zero-order valence-corrected chi connectivity index (χ0v) is 17.1. The van der Waals surface area contributed by atoms with E-state index in [2.05, 4.69) is 10.0 Å². The van der Waals surface area contributed by atoms with Crippen LogP contribution < -0.4 is 14.8 Å². The van der Waals surface area contributed by atoms with E-state index < -0.39 is 10.0 Å². The van der Waals surface area contributed by atoms with Gasteiger partial charge in [0.2, 0.25) is 10.0 Å². The fraction of sp³-hybridized carbons (Fsp3) is 0.136. The van der Waals surface area contributed by atoms with Gasteiger partial charge in [0, 0.05) is 12.2 Å². The third kappa shape index (κ3) is 6.31. The zero-order chi connectivity index (χ0) is 21.6. The molecule has 6 nitrogen and oxygen atoms in total. The summed E-state index contributed by atoms with van der Waals surface area (Å²) in [5.41, 5.74) is 2.31. The molecular formula is C22H21FN2O4S. The van der Waals surface area contributed by atoms with Gasteiger partial charge in [-0.1, -0.05) is 36.4 Å². The normalized spacial score (nSPS) is 11.0. The first-order chi connectivity index (χ1) is 14.3. The third-order valence-corrected chi connectivity index (χ3v) is 4.73. The van der Waals surface area contributed by atoms with Crippen LogP contribution >= 0.6 is 0 Å². The Morgan fingerprint density at radius 1 is 0.967 bits per heavy atom. The molecule has 0 spiro atoms. The highest BCUT2D eigenvalue weighted by molar-refractivity contribution is 7.92. The maximum Gasteiger partial charge on any atom is 0.255 e. The van der Waals surface area contributed by atoms with E-state index in [1.807, 2.05) is 0 Å². The number of ether oxygens (including phenoxy) is 1. The molecule has 0 atom stereocenters. The van der Waals surface area contributed by atoms with Crippen LogP contribution in [0.15, 0.2) is 72.8 Å². The fourth-order valence-electron chi connectivity index (χ4n) is 2.76. The molecule has 0 aliphatic carbocycles. The Balaban J connectivity index is 1.64. The second-order valence-corrected chi connectivity index (χ2v) is 8.42. The minimum Gasteiger partial charge on any atom is -0.488 e. The van der Waals surface area contributed by atoms with Gasteiger partial charge in [0.1, 0.15) is 18.2 Å². The summed E-state index contributed by atoms with van der Waals surface area (Å²) in [7, 11) is -3.38. The van der Waals surface area contributed by atoms with Crippen LogP contribution in [0.5, 0.6) is 5.75 Å². The zero-order valence-electron chi connectivity index (χ0n) is 16.3. The van der Waals surface area contributed by atoms with E-state index >= 15 is 0 Å². The lowest BCUT2D eigenvalue weighted by Gasteiger charge is -2.12. The Morgan fingerprint density at radius 3 is 2.43 bits per heavy atom. The number of para-hydroxylation sites is 1. The van der Waals surface area contributed by atoms with Crippen molar-refractivity contribution in [2.24, 2.45) is 0 Å². The summed E-state index contributed by atoms with van der Waals surface area (Å²) < 4.78 is 43.9. The average Bonchev–Trinajstić information content (AvgIpc) is 2.71. The smallest absolute Gasteiger partial charge is 0.255 e. The maximum atomic E-state index is 13.0. The van der Waals surface area contributed by atoms with E-state index in [1.165, 1.54) is 12.1 Å². The van der Waals surface area contributed by atoms with E-state index in [9.17, 15) is 17.6 Å². The highest BCUT2D eigenvalue weighted by Crippen LogP contribution is 2.20. The molecule has 0 heterocycles. The van der Waals surface area contributed by atoms with Crippen LogP contribution in [-0.2, 0) is 23.2 Å². The van der Waals surface area contributed by atoms with Crippen molar-refractivity contribution in [2.45, 2.75) is 13.2 Å². The standard InChI is InChI=1S/C22H21FN2O4S/c1-30(27,28)25-19-6-4-5-17(13-19)14-24-22(26)20-7-2-3-8-21(20)29-15-16-9-11-18(23)12-10-16/h2-13,25H,14-15H2,1H3,(H,24,26). The number of halogens is 1. The van der Waals surface area contributed by atoms with Crippen molar-refractivity contribution in [3.05, 3.63) is 95.3 Å². The van der Waals surface area contributed by atoms with E-state index in [4.69, 9.17) is 4.74 Å². The molecule has 3 aromatic rings. The van der Waals surface area contributed by atoms with Gasteiger partial charge in [-0.2, -0.15) is 0 Å². The van der Waals surface area contributed by atoms with Crippen molar-refractivity contribution in [3.8, 4) is 5.75 Å². The molecule has 0 saturated heterocycles. The first-order valence-electron chi connectivity index (χ1n) is 9.11. The molecule has 3 aromatic carbocycles. The predicted molar refractivity (Wildman–Crippen MR) is 113 cm³/mol. The predicted octanol–water partition coefficient (Wildman–Crippen LogP) is 3.71. The van der Waals surface area contributed by atoms with Crippen LogP contribution in [0, 0.1) is 5.82 Å². The number of carbonyl (C=O) groups is 1. The maximum absolute atomic E-state index is 13.0.